The van der Waals surface area contributed by atoms with Crippen molar-refractivity contribution < 1.29 is 22.7 Å². The minimum Gasteiger partial charge on any atom is -0.490 e. The average Bonchev–Trinajstić information content (AvgIpc) is 3.06. The summed E-state index contributed by atoms with van der Waals surface area (Å²) in [5.74, 6) is -0.0319. The SMILES string of the molecule is CC1C/C=C/C(=O)[C@@H]2CC[C@H]2CN2C[C@@]3(CCCc4cc(Cl)ccc43)COc3ccc(cc32)C(=O)NS(=O)(=O)[C@@H]1C. The fourth-order valence-electron chi connectivity index (χ4n) is 7.00. The third kappa shape index (κ3) is 5.29. The van der Waals surface area contributed by atoms with Crippen LogP contribution in [0.25, 0.3) is 0 Å². The average molecular weight is 597 g/mol. The van der Waals surface area contributed by atoms with E-state index in [1.807, 2.05) is 13.0 Å². The number of anilines is 1. The lowest BCUT2D eigenvalue weighted by Crippen LogP contribution is -2.49. The van der Waals surface area contributed by atoms with Crippen LogP contribution >= 0.6 is 11.6 Å². The second kappa shape index (κ2) is 10.8. The second-order valence-electron chi connectivity index (χ2n) is 12.4. The zero-order chi connectivity index (χ0) is 28.9. The first-order chi connectivity index (χ1) is 19.6. The molecule has 0 aromatic heterocycles. The largest absolute Gasteiger partial charge is 0.490 e. The van der Waals surface area contributed by atoms with Crippen LogP contribution in [-0.2, 0) is 26.7 Å². The van der Waals surface area contributed by atoms with Gasteiger partial charge in [0.2, 0.25) is 10.0 Å². The van der Waals surface area contributed by atoms with E-state index in [2.05, 4.69) is 21.8 Å². The molecule has 6 rings (SSSR count). The van der Waals surface area contributed by atoms with Crippen LogP contribution in [0.3, 0.4) is 0 Å². The van der Waals surface area contributed by atoms with E-state index in [4.69, 9.17) is 16.3 Å². The van der Waals surface area contributed by atoms with Gasteiger partial charge in [-0.3, -0.25) is 9.59 Å². The summed E-state index contributed by atoms with van der Waals surface area (Å²) in [6, 6.07) is 11.3. The zero-order valence-corrected chi connectivity index (χ0v) is 25.1. The van der Waals surface area contributed by atoms with Gasteiger partial charge in [0.1, 0.15) is 5.75 Å². The smallest absolute Gasteiger partial charge is 0.264 e. The third-order valence-corrected chi connectivity index (χ3v) is 12.0. The Morgan fingerprint density at radius 2 is 1.93 bits per heavy atom. The molecule has 9 heteroatoms. The number of amides is 1. The number of benzene rings is 2. The van der Waals surface area contributed by atoms with Gasteiger partial charge in [0.05, 0.1) is 17.5 Å². The number of rotatable bonds is 0. The number of allylic oxidation sites excluding steroid dienone is 2. The monoisotopic (exact) mass is 596 g/mol. The van der Waals surface area contributed by atoms with Crippen LogP contribution in [0.15, 0.2) is 48.6 Å². The Hall–Kier alpha value is -2.84. The molecule has 2 aromatic rings. The summed E-state index contributed by atoms with van der Waals surface area (Å²) in [6.07, 6.45) is 8.60. The fraction of sp³-hybridized carbons (Fsp3) is 0.500. The van der Waals surface area contributed by atoms with E-state index >= 15 is 0 Å². The van der Waals surface area contributed by atoms with Crippen molar-refractivity contribution in [1.82, 2.24) is 4.72 Å². The number of nitrogens with one attached hydrogen (secondary N) is 1. The summed E-state index contributed by atoms with van der Waals surface area (Å²) in [4.78, 5) is 28.8. The molecule has 4 aliphatic rings. The number of halogens is 1. The van der Waals surface area contributed by atoms with Crippen molar-refractivity contribution in [3.8, 4) is 5.75 Å². The van der Waals surface area contributed by atoms with E-state index < -0.39 is 21.2 Å². The van der Waals surface area contributed by atoms with Crippen molar-refractivity contribution in [3.63, 3.8) is 0 Å². The number of hydrogen-bond acceptors (Lipinski definition) is 6. The van der Waals surface area contributed by atoms with Crippen LogP contribution in [0.5, 0.6) is 5.75 Å². The topological polar surface area (TPSA) is 92.8 Å². The maximum absolute atomic E-state index is 13.3. The van der Waals surface area contributed by atoms with Gasteiger partial charge in [0, 0.05) is 35.0 Å². The van der Waals surface area contributed by atoms with Crippen molar-refractivity contribution in [2.75, 3.05) is 24.6 Å². The molecule has 1 amide bonds. The number of ketones is 1. The Balaban J connectivity index is 1.43. The molecule has 0 radical (unpaired) electrons. The van der Waals surface area contributed by atoms with Crippen LogP contribution in [0.4, 0.5) is 5.69 Å². The van der Waals surface area contributed by atoms with Gasteiger partial charge in [-0.25, -0.2) is 13.1 Å². The van der Waals surface area contributed by atoms with Gasteiger partial charge < -0.3 is 9.64 Å². The van der Waals surface area contributed by atoms with E-state index in [1.54, 1.807) is 37.3 Å². The highest BCUT2D eigenvalue weighted by molar-refractivity contribution is 7.90. The molecule has 1 N–H and O–H groups in total. The highest BCUT2D eigenvalue weighted by atomic mass is 35.5. The van der Waals surface area contributed by atoms with Crippen molar-refractivity contribution in [2.24, 2.45) is 17.8 Å². The molecule has 218 valence electrons. The number of fused-ring (bicyclic) bond motifs is 4. The highest BCUT2D eigenvalue weighted by Gasteiger charge is 2.44. The Morgan fingerprint density at radius 3 is 2.71 bits per heavy atom. The second-order valence-corrected chi connectivity index (χ2v) is 14.9. The van der Waals surface area contributed by atoms with Gasteiger partial charge in [-0.2, -0.15) is 0 Å². The minimum absolute atomic E-state index is 0.0666. The van der Waals surface area contributed by atoms with Gasteiger partial charge in [-0.1, -0.05) is 30.7 Å². The molecule has 7 nitrogen and oxygen atoms in total. The summed E-state index contributed by atoms with van der Waals surface area (Å²) in [5, 5.41) is -0.0854. The first-order valence-electron chi connectivity index (χ1n) is 14.6. The summed E-state index contributed by atoms with van der Waals surface area (Å²) in [7, 11) is -3.93. The van der Waals surface area contributed by atoms with Gasteiger partial charge in [-0.15, -0.1) is 0 Å². The molecular weight excluding hydrogens is 560 g/mol. The molecule has 2 heterocycles. The lowest BCUT2D eigenvalue weighted by atomic mass is 9.68. The highest BCUT2D eigenvalue weighted by Crippen LogP contribution is 2.46. The summed E-state index contributed by atoms with van der Waals surface area (Å²) >= 11 is 6.37. The van der Waals surface area contributed by atoms with Crippen molar-refractivity contribution in [3.05, 3.63) is 70.3 Å². The maximum Gasteiger partial charge on any atom is 0.264 e. The van der Waals surface area contributed by atoms with Gasteiger partial charge in [-0.05, 0) is 105 Å². The van der Waals surface area contributed by atoms with E-state index in [-0.39, 0.29) is 34.5 Å². The molecule has 2 bridgehead atoms. The Morgan fingerprint density at radius 1 is 1.10 bits per heavy atom. The number of nitrogens with zero attached hydrogens (tertiary/aromatic N) is 1. The van der Waals surface area contributed by atoms with E-state index in [1.165, 1.54) is 11.1 Å². The number of carbonyl (C=O) groups is 2. The van der Waals surface area contributed by atoms with Crippen LogP contribution in [-0.4, -0.2) is 45.1 Å². The molecule has 1 spiro atoms. The molecule has 5 atom stereocenters. The minimum atomic E-state index is -3.93. The van der Waals surface area contributed by atoms with Crippen LogP contribution in [0.2, 0.25) is 5.02 Å². The Labute approximate surface area is 247 Å². The van der Waals surface area contributed by atoms with Crippen LogP contribution < -0.4 is 14.4 Å². The van der Waals surface area contributed by atoms with Crippen molar-refractivity contribution in [2.45, 2.75) is 63.0 Å². The van der Waals surface area contributed by atoms with Gasteiger partial charge in [0.15, 0.2) is 5.78 Å². The zero-order valence-electron chi connectivity index (χ0n) is 23.6. The number of sulfonamides is 1. The maximum atomic E-state index is 13.3. The Kier molecular flexibility index (Phi) is 7.43. The fourth-order valence-corrected chi connectivity index (χ4v) is 8.48. The molecular formula is C32H37ClN2O5S. The van der Waals surface area contributed by atoms with Crippen molar-refractivity contribution in [1.29, 1.82) is 0 Å². The Bertz CT molecular complexity index is 1520. The summed E-state index contributed by atoms with van der Waals surface area (Å²) in [5.41, 5.74) is 3.22. The molecule has 1 saturated carbocycles. The molecule has 1 unspecified atom stereocenters. The van der Waals surface area contributed by atoms with Crippen molar-refractivity contribution >= 4 is 39.0 Å². The molecule has 41 heavy (non-hydrogen) atoms. The summed E-state index contributed by atoms with van der Waals surface area (Å²) in [6.45, 7) is 5.23. The van der Waals surface area contributed by atoms with Gasteiger partial charge >= 0.3 is 0 Å². The van der Waals surface area contributed by atoms with E-state index in [9.17, 15) is 18.0 Å². The molecule has 2 aromatic carbocycles. The number of aryl methyl sites for hydroxylation is 1. The molecule has 0 saturated heterocycles. The summed E-state index contributed by atoms with van der Waals surface area (Å²) < 4.78 is 35.0. The first-order valence-corrected chi connectivity index (χ1v) is 16.6. The van der Waals surface area contributed by atoms with Crippen LogP contribution in [0, 0.1) is 17.8 Å². The predicted molar refractivity (Wildman–Crippen MR) is 160 cm³/mol. The van der Waals surface area contributed by atoms with Crippen LogP contribution in [0.1, 0.15) is 67.4 Å². The lowest BCUT2D eigenvalue weighted by Gasteiger charge is -2.44. The first kappa shape index (κ1) is 28.3. The normalized spacial score (nSPS) is 32.0. The molecule has 2 aliphatic carbocycles. The predicted octanol–water partition coefficient (Wildman–Crippen LogP) is 5.45. The third-order valence-electron chi connectivity index (χ3n) is 9.85. The quantitative estimate of drug-likeness (QED) is 0.435. The lowest BCUT2D eigenvalue weighted by molar-refractivity contribution is -0.122. The van der Waals surface area contributed by atoms with Gasteiger partial charge in [0.25, 0.3) is 5.91 Å². The van der Waals surface area contributed by atoms with E-state index in [0.29, 0.717) is 31.9 Å². The number of hydrogen-bond donors (Lipinski definition) is 1. The number of ether oxygens (including phenoxy) is 1. The van der Waals surface area contributed by atoms with E-state index in [0.717, 1.165) is 42.8 Å². The molecule has 1 fully saturated rings. The standard InChI is InChI=1S/C32H37ClN2O5S/c1-20-5-3-7-29(36)26-11-8-24(26)17-35-18-32(14-4-6-22-15-25(33)10-12-27(22)32)19-40-30-13-9-23(16-28(30)35)31(37)34-41(38,39)21(20)2/h3,7,9-10,12-13,15-16,20-21,24,26H,4-6,8,11,14,17-19H2,1-2H3,(H,34,37)/b7-3+/t20?,21-,24+,26-,32+/m1/s1. The molecule has 2 aliphatic heterocycles. The number of carbonyl (C=O) groups excluding carboxylic acids is 2.